The topological polar surface area (TPSA) is 86.7 Å². The number of hydrogen-bond donors (Lipinski definition) is 2. The lowest BCUT2D eigenvalue weighted by Crippen LogP contribution is -2.40. The lowest BCUT2D eigenvalue weighted by Gasteiger charge is -2.21. The van der Waals surface area contributed by atoms with Gasteiger partial charge in [-0.25, -0.2) is 4.79 Å². The highest BCUT2D eigenvalue weighted by Crippen LogP contribution is 2.20. The third-order valence-corrected chi connectivity index (χ3v) is 4.13. The highest BCUT2D eigenvalue weighted by molar-refractivity contribution is 5.97. The summed E-state index contributed by atoms with van der Waals surface area (Å²) < 4.78 is 0. The minimum absolute atomic E-state index is 0.0379. The summed E-state index contributed by atoms with van der Waals surface area (Å²) in [6.45, 7) is 6.41. The molecule has 2 amide bonds. The van der Waals surface area contributed by atoms with E-state index >= 15 is 0 Å². The summed E-state index contributed by atoms with van der Waals surface area (Å²) in [5, 5.41) is 12.0. The van der Waals surface area contributed by atoms with Crippen LogP contribution in [0.2, 0.25) is 0 Å². The normalized spacial score (nSPS) is 17.6. The molecule has 1 atom stereocenters. The van der Waals surface area contributed by atoms with Crippen molar-refractivity contribution in [2.45, 2.75) is 46.2 Å². The summed E-state index contributed by atoms with van der Waals surface area (Å²) in [5.41, 5.74) is 0.909. The van der Waals surface area contributed by atoms with Crippen LogP contribution in [0.5, 0.6) is 0 Å². The largest absolute Gasteiger partial charge is 0.480 e. The van der Waals surface area contributed by atoms with E-state index in [4.69, 9.17) is 0 Å². The van der Waals surface area contributed by atoms with Gasteiger partial charge >= 0.3 is 5.97 Å². The number of carbonyl (C=O) groups excluding carboxylic acids is 2. The maximum Gasteiger partial charge on any atom is 0.326 e. The van der Waals surface area contributed by atoms with E-state index in [9.17, 15) is 19.5 Å². The Labute approximate surface area is 141 Å². The average molecular weight is 332 g/mol. The number of carboxylic acid groups (broad SMARTS) is 1. The van der Waals surface area contributed by atoms with Crippen molar-refractivity contribution in [3.05, 3.63) is 35.4 Å². The zero-order valence-corrected chi connectivity index (χ0v) is 14.3. The third kappa shape index (κ3) is 4.13. The van der Waals surface area contributed by atoms with Crippen molar-refractivity contribution in [2.24, 2.45) is 5.41 Å². The number of carboxylic acids is 1. The second-order valence-corrected chi connectivity index (χ2v) is 7.12. The fraction of sp³-hybridized carbons (Fsp3) is 0.500. The van der Waals surface area contributed by atoms with Gasteiger partial charge in [0, 0.05) is 24.1 Å². The van der Waals surface area contributed by atoms with Crippen LogP contribution in [-0.4, -0.2) is 40.4 Å². The maximum absolute atomic E-state index is 12.5. The number of benzene rings is 1. The van der Waals surface area contributed by atoms with Gasteiger partial charge in [-0.1, -0.05) is 32.9 Å². The maximum atomic E-state index is 12.5. The number of amides is 2. The van der Waals surface area contributed by atoms with Crippen LogP contribution < -0.4 is 5.32 Å². The van der Waals surface area contributed by atoms with Gasteiger partial charge in [0.15, 0.2) is 0 Å². The molecule has 2 rings (SSSR count). The Morgan fingerprint density at radius 2 is 1.83 bits per heavy atom. The van der Waals surface area contributed by atoms with Crippen LogP contribution in [0.15, 0.2) is 24.3 Å². The summed E-state index contributed by atoms with van der Waals surface area (Å²) in [5.74, 6) is -1.25. The number of nitrogens with one attached hydrogen (secondary N) is 1. The Hall–Kier alpha value is -2.37. The summed E-state index contributed by atoms with van der Waals surface area (Å²) in [4.78, 5) is 36.9. The molecule has 2 N–H and O–H groups in total. The van der Waals surface area contributed by atoms with Gasteiger partial charge in [0.1, 0.15) is 6.04 Å². The van der Waals surface area contributed by atoms with Crippen molar-refractivity contribution in [1.29, 1.82) is 0 Å². The first-order valence-corrected chi connectivity index (χ1v) is 8.11. The summed E-state index contributed by atoms with van der Waals surface area (Å²) in [6, 6.07) is 6.18. The van der Waals surface area contributed by atoms with Crippen LogP contribution >= 0.6 is 0 Å². The second kappa shape index (κ2) is 7.03. The van der Waals surface area contributed by atoms with Crippen molar-refractivity contribution in [3.8, 4) is 0 Å². The summed E-state index contributed by atoms with van der Waals surface area (Å²) >= 11 is 0. The van der Waals surface area contributed by atoms with Crippen molar-refractivity contribution < 1.29 is 19.5 Å². The highest BCUT2D eigenvalue weighted by atomic mass is 16.4. The van der Waals surface area contributed by atoms with Gasteiger partial charge < -0.3 is 15.3 Å². The Bertz CT molecular complexity index is 631. The molecule has 1 aliphatic heterocycles. The Kier molecular flexibility index (Phi) is 5.26. The molecular formula is C18H24N2O4. The highest BCUT2D eigenvalue weighted by Gasteiger charge is 2.34. The zero-order valence-electron chi connectivity index (χ0n) is 14.3. The monoisotopic (exact) mass is 332 g/mol. The fourth-order valence-corrected chi connectivity index (χ4v) is 2.65. The lowest BCUT2D eigenvalue weighted by molar-refractivity contribution is -0.141. The molecule has 130 valence electrons. The van der Waals surface area contributed by atoms with Gasteiger partial charge in [-0.05, 0) is 30.5 Å². The molecule has 0 unspecified atom stereocenters. The lowest BCUT2D eigenvalue weighted by atomic mass is 9.95. The number of aliphatic carboxylic acids is 1. The van der Waals surface area contributed by atoms with Gasteiger partial charge in [-0.15, -0.1) is 0 Å². The van der Waals surface area contributed by atoms with Crippen LogP contribution in [0.25, 0.3) is 0 Å². The fourth-order valence-electron chi connectivity index (χ4n) is 2.65. The van der Waals surface area contributed by atoms with E-state index in [2.05, 4.69) is 5.32 Å². The van der Waals surface area contributed by atoms with Gasteiger partial charge in [0.25, 0.3) is 5.91 Å². The van der Waals surface area contributed by atoms with E-state index in [0.717, 1.165) is 5.56 Å². The average Bonchev–Trinajstić information content (AvgIpc) is 3.01. The molecule has 1 aromatic carbocycles. The Balaban J connectivity index is 2.00. The van der Waals surface area contributed by atoms with Crippen LogP contribution in [0.1, 0.15) is 49.5 Å². The molecule has 0 aliphatic carbocycles. The first-order valence-electron chi connectivity index (χ1n) is 8.11. The molecule has 0 spiro atoms. The van der Waals surface area contributed by atoms with Crippen LogP contribution in [-0.2, 0) is 16.1 Å². The standard InChI is InChI=1S/C18H24N2O4/c1-18(2,3)17(24)19-11-12-6-8-13(9-7-12)15(21)20-10-4-5-14(20)16(22)23/h6-9,14H,4-5,10-11H2,1-3H3,(H,19,24)(H,22,23)/t14-/m1/s1. The van der Waals surface area contributed by atoms with Crippen molar-refractivity contribution in [2.75, 3.05) is 6.54 Å². The molecule has 0 radical (unpaired) electrons. The Morgan fingerprint density at radius 3 is 2.38 bits per heavy atom. The van der Waals surface area contributed by atoms with E-state index in [1.165, 1.54) is 4.90 Å². The molecule has 24 heavy (non-hydrogen) atoms. The van der Waals surface area contributed by atoms with E-state index in [1.807, 2.05) is 20.8 Å². The molecule has 1 saturated heterocycles. The molecule has 6 nitrogen and oxygen atoms in total. The summed E-state index contributed by atoms with van der Waals surface area (Å²) in [6.07, 6.45) is 1.21. The van der Waals surface area contributed by atoms with Gasteiger partial charge in [-0.2, -0.15) is 0 Å². The number of carbonyl (C=O) groups is 3. The molecule has 1 aliphatic rings. The second-order valence-electron chi connectivity index (χ2n) is 7.12. The van der Waals surface area contributed by atoms with Crippen molar-refractivity contribution in [3.63, 3.8) is 0 Å². The Morgan fingerprint density at radius 1 is 1.21 bits per heavy atom. The first-order chi connectivity index (χ1) is 11.2. The zero-order chi connectivity index (χ0) is 17.9. The molecule has 0 aromatic heterocycles. The van der Waals surface area contributed by atoms with Crippen molar-refractivity contribution in [1.82, 2.24) is 10.2 Å². The summed E-state index contributed by atoms with van der Waals surface area (Å²) in [7, 11) is 0. The van der Waals surface area contributed by atoms with Crippen molar-refractivity contribution >= 4 is 17.8 Å². The van der Waals surface area contributed by atoms with Crippen LogP contribution in [0.3, 0.4) is 0 Å². The molecule has 0 saturated carbocycles. The molecule has 0 bridgehead atoms. The van der Waals surface area contributed by atoms with E-state index in [-0.39, 0.29) is 11.8 Å². The number of hydrogen-bond acceptors (Lipinski definition) is 3. The predicted molar refractivity (Wildman–Crippen MR) is 89.4 cm³/mol. The molecule has 1 heterocycles. The smallest absolute Gasteiger partial charge is 0.326 e. The minimum Gasteiger partial charge on any atom is -0.480 e. The SMILES string of the molecule is CC(C)(C)C(=O)NCc1ccc(C(=O)N2CCC[C@@H]2C(=O)O)cc1. The number of nitrogens with zero attached hydrogens (tertiary/aromatic N) is 1. The number of rotatable bonds is 4. The van der Waals surface area contributed by atoms with E-state index in [0.29, 0.717) is 31.5 Å². The molecule has 1 fully saturated rings. The first kappa shape index (κ1) is 18.0. The predicted octanol–water partition coefficient (Wildman–Crippen LogP) is 2.04. The van der Waals surface area contributed by atoms with Gasteiger partial charge in [0.05, 0.1) is 0 Å². The van der Waals surface area contributed by atoms with Crippen LogP contribution in [0, 0.1) is 5.41 Å². The molecular weight excluding hydrogens is 308 g/mol. The minimum atomic E-state index is -0.956. The third-order valence-electron chi connectivity index (χ3n) is 4.13. The van der Waals surface area contributed by atoms with Gasteiger partial charge in [0.2, 0.25) is 5.91 Å². The van der Waals surface area contributed by atoms with Gasteiger partial charge in [-0.3, -0.25) is 9.59 Å². The quantitative estimate of drug-likeness (QED) is 0.883. The van der Waals surface area contributed by atoms with E-state index < -0.39 is 17.4 Å². The van der Waals surface area contributed by atoms with Crippen LogP contribution in [0.4, 0.5) is 0 Å². The number of likely N-dealkylation sites (tertiary alicyclic amines) is 1. The molecule has 6 heteroatoms. The van der Waals surface area contributed by atoms with E-state index in [1.54, 1.807) is 24.3 Å². The molecule has 1 aromatic rings.